The van der Waals surface area contributed by atoms with Gasteiger partial charge in [0.1, 0.15) is 11.5 Å². The summed E-state index contributed by atoms with van der Waals surface area (Å²) in [4.78, 5) is 24.5. The molecule has 0 unspecified atom stereocenters. The second-order valence-corrected chi connectivity index (χ2v) is 9.06. The highest BCUT2D eigenvalue weighted by molar-refractivity contribution is 7.80. The van der Waals surface area contributed by atoms with Crippen LogP contribution in [0.15, 0.2) is 95.4 Å². The standard InChI is InChI=1S/C28H21Cl2N3O3S/c29-23-8-4-7-22(27(23)30)24-15-13-21(36-24)14-16-25(34)33-28(37)32-20-11-9-19(10-12-20)31-26(35)17-18-5-2-1-3-6-18/h1-16H,17H2,(H,31,35)(H2,32,33,34,37). The number of nitrogens with one attached hydrogen (secondary N) is 3. The third-order valence-corrected chi connectivity index (χ3v) is 6.14. The van der Waals surface area contributed by atoms with Crippen molar-refractivity contribution in [2.75, 3.05) is 10.6 Å². The van der Waals surface area contributed by atoms with Crippen molar-refractivity contribution in [1.82, 2.24) is 5.32 Å². The number of halogens is 2. The molecule has 0 radical (unpaired) electrons. The van der Waals surface area contributed by atoms with Crippen molar-refractivity contribution in [2.24, 2.45) is 0 Å². The lowest BCUT2D eigenvalue weighted by atomic mass is 10.1. The lowest BCUT2D eigenvalue weighted by molar-refractivity contribution is -0.116. The van der Waals surface area contributed by atoms with Gasteiger partial charge in [-0.05, 0) is 72.4 Å². The number of thiocarbonyl (C=S) groups is 1. The van der Waals surface area contributed by atoms with E-state index in [2.05, 4.69) is 16.0 Å². The number of benzene rings is 3. The molecule has 0 fully saturated rings. The SMILES string of the molecule is O=C(C=Cc1ccc(-c2cccc(Cl)c2Cl)o1)NC(=S)Nc1ccc(NC(=O)Cc2ccccc2)cc1. The van der Waals surface area contributed by atoms with Crippen molar-refractivity contribution in [3.8, 4) is 11.3 Å². The Hall–Kier alpha value is -3.91. The van der Waals surface area contributed by atoms with E-state index in [4.69, 9.17) is 39.8 Å². The third-order valence-electron chi connectivity index (χ3n) is 5.11. The van der Waals surface area contributed by atoms with Crippen LogP contribution < -0.4 is 16.0 Å². The van der Waals surface area contributed by atoms with E-state index in [9.17, 15) is 9.59 Å². The molecule has 0 aliphatic heterocycles. The smallest absolute Gasteiger partial charge is 0.250 e. The predicted molar refractivity (Wildman–Crippen MR) is 153 cm³/mol. The summed E-state index contributed by atoms with van der Waals surface area (Å²) in [5.41, 5.74) is 2.91. The molecule has 6 nitrogen and oxygen atoms in total. The number of amides is 2. The van der Waals surface area contributed by atoms with E-state index in [1.807, 2.05) is 30.3 Å². The van der Waals surface area contributed by atoms with Gasteiger partial charge >= 0.3 is 0 Å². The van der Waals surface area contributed by atoms with E-state index in [1.165, 1.54) is 12.2 Å². The summed E-state index contributed by atoms with van der Waals surface area (Å²) in [6, 6.07) is 25.2. The summed E-state index contributed by atoms with van der Waals surface area (Å²) >= 11 is 17.5. The molecule has 3 N–H and O–H groups in total. The van der Waals surface area contributed by atoms with Crippen molar-refractivity contribution in [3.63, 3.8) is 0 Å². The van der Waals surface area contributed by atoms with Gasteiger partial charge in [0.05, 0.1) is 16.5 Å². The van der Waals surface area contributed by atoms with Crippen LogP contribution in [0.25, 0.3) is 17.4 Å². The van der Waals surface area contributed by atoms with Crippen molar-refractivity contribution in [1.29, 1.82) is 0 Å². The summed E-state index contributed by atoms with van der Waals surface area (Å²) in [7, 11) is 0. The predicted octanol–water partition coefficient (Wildman–Crippen LogP) is 6.96. The lowest BCUT2D eigenvalue weighted by Crippen LogP contribution is -2.32. The van der Waals surface area contributed by atoms with Gasteiger partial charge in [-0.3, -0.25) is 14.9 Å². The molecular weight excluding hydrogens is 529 g/mol. The second-order valence-electron chi connectivity index (χ2n) is 7.87. The second kappa shape index (κ2) is 12.4. The summed E-state index contributed by atoms with van der Waals surface area (Å²) < 4.78 is 5.74. The molecule has 0 aliphatic carbocycles. The van der Waals surface area contributed by atoms with Crippen molar-refractivity contribution in [2.45, 2.75) is 6.42 Å². The van der Waals surface area contributed by atoms with Crippen LogP contribution in [0.3, 0.4) is 0 Å². The Labute approximate surface area is 229 Å². The topological polar surface area (TPSA) is 83.4 Å². The minimum absolute atomic E-state index is 0.110. The van der Waals surface area contributed by atoms with Crippen molar-refractivity contribution >= 4 is 69.8 Å². The number of carbonyl (C=O) groups is 2. The van der Waals surface area contributed by atoms with Gasteiger partial charge in [-0.1, -0.05) is 59.6 Å². The molecule has 2 amide bonds. The molecule has 4 aromatic rings. The molecule has 0 atom stereocenters. The van der Waals surface area contributed by atoms with E-state index in [-0.39, 0.29) is 17.4 Å². The van der Waals surface area contributed by atoms with Crippen LogP contribution in [0.5, 0.6) is 0 Å². The molecular formula is C28H21Cl2N3O3S. The molecule has 0 saturated carbocycles. The third kappa shape index (κ3) is 7.54. The van der Waals surface area contributed by atoms with Crippen LogP contribution in [0.4, 0.5) is 11.4 Å². The molecule has 4 rings (SSSR count). The number of hydrogen-bond acceptors (Lipinski definition) is 4. The zero-order valence-electron chi connectivity index (χ0n) is 19.3. The monoisotopic (exact) mass is 549 g/mol. The average molecular weight is 550 g/mol. The number of rotatable bonds is 7. The fraction of sp³-hybridized carbons (Fsp3) is 0.0357. The van der Waals surface area contributed by atoms with E-state index in [1.54, 1.807) is 54.6 Å². The normalized spacial score (nSPS) is 10.8. The first-order valence-corrected chi connectivity index (χ1v) is 12.3. The van der Waals surface area contributed by atoms with Gasteiger partial charge in [0.25, 0.3) is 0 Å². The minimum Gasteiger partial charge on any atom is -0.457 e. The van der Waals surface area contributed by atoms with E-state index >= 15 is 0 Å². The number of anilines is 2. The molecule has 3 aromatic carbocycles. The molecule has 0 spiro atoms. The summed E-state index contributed by atoms with van der Waals surface area (Å²) in [5, 5.41) is 9.30. The van der Waals surface area contributed by atoms with Crippen LogP contribution in [-0.4, -0.2) is 16.9 Å². The first kappa shape index (κ1) is 26.2. The molecule has 1 aromatic heterocycles. The van der Waals surface area contributed by atoms with Gasteiger partial charge in [-0.25, -0.2) is 0 Å². The first-order chi connectivity index (χ1) is 17.9. The molecule has 0 aliphatic rings. The fourth-order valence-electron chi connectivity index (χ4n) is 3.38. The van der Waals surface area contributed by atoms with Gasteiger partial charge in [0.2, 0.25) is 11.8 Å². The lowest BCUT2D eigenvalue weighted by Gasteiger charge is -2.10. The Balaban J connectivity index is 1.26. The van der Waals surface area contributed by atoms with E-state index in [0.717, 1.165) is 5.56 Å². The van der Waals surface area contributed by atoms with Gasteiger partial charge in [0.15, 0.2) is 5.11 Å². The maximum absolute atomic E-state index is 12.3. The highest BCUT2D eigenvalue weighted by Gasteiger charge is 2.11. The van der Waals surface area contributed by atoms with Crippen molar-refractivity contribution in [3.05, 3.63) is 112 Å². The Kier molecular flexibility index (Phi) is 8.74. The number of furan rings is 1. The van der Waals surface area contributed by atoms with Gasteiger partial charge in [-0.2, -0.15) is 0 Å². The summed E-state index contributed by atoms with van der Waals surface area (Å²) in [6.45, 7) is 0. The van der Waals surface area contributed by atoms with Gasteiger partial charge in [0, 0.05) is 23.0 Å². The van der Waals surface area contributed by atoms with E-state index in [0.29, 0.717) is 38.5 Å². The molecule has 9 heteroatoms. The maximum Gasteiger partial charge on any atom is 0.250 e. The molecule has 0 bridgehead atoms. The zero-order valence-corrected chi connectivity index (χ0v) is 21.7. The maximum atomic E-state index is 12.3. The zero-order chi connectivity index (χ0) is 26.2. The van der Waals surface area contributed by atoms with Crippen molar-refractivity contribution < 1.29 is 14.0 Å². The Bertz CT molecular complexity index is 1450. The Morgan fingerprint density at radius 3 is 2.27 bits per heavy atom. The highest BCUT2D eigenvalue weighted by Crippen LogP contribution is 2.34. The van der Waals surface area contributed by atoms with Gasteiger partial charge < -0.3 is 15.1 Å². The van der Waals surface area contributed by atoms with Gasteiger partial charge in [-0.15, -0.1) is 0 Å². The number of hydrogen-bond donors (Lipinski definition) is 3. The fourth-order valence-corrected chi connectivity index (χ4v) is 3.99. The highest BCUT2D eigenvalue weighted by atomic mass is 35.5. The Morgan fingerprint density at radius 2 is 1.54 bits per heavy atom. The number of carbonyl (C=O) groups excluding carboxylic acids is 2. The van der Waals surface area contributed by atoms with Crippen LogP contribution in [0.1, 0.15) is 11.3 Å². The average Bonchev–Trinajstić information content (AvgIpc) is 3.35. The molecule has 0 saturated heterocycles. The minimum atomic E-state index is -0.430. The van der Waals surface area contributed by atoms with Crippen LogP contribution in [0, 0.1) is 0 Å². The van der Waals surface area contributed by atoms with Crippen LogP contribution >= 0.6 is 35.4 Å². The largest absolute Gasteiger partial charge is 0.457 e. The van der Waals surface area contributed by atoms with Crippen LogP contribution in [-0.2, 0) is 16.0 Å². The van der Waals surface area contributed by atoms with Crippen LogP contribution in [0.2, 0.25) is 10.0 Å². The Morgan fingerprint density at radius 1 is 0.838 bits per heavy atom. The quantitative estimate of drug-likeness (QED) is 0.171. The summed E-state index contributed by atoms with van der Waals surface area (Å²) in [6.07, 6.45) is 3.12. The first-order valence-electron chi connectivity index (χ1n) is 11.2. The van der Waals surface area contributed by atoms with E-state index < -0.39 is 5.91 Å². The summed E-state index contributed by atoms with van der Waals surface area (Å²) in [5.74, 6) is 0.455. The molecule has 186 valence electrons. The molecule has 1 heterocycles. The molecule has 37 heavy (non-hydrogen) atoms.